The monoisotopic (exact) mass is 592 g/mol. The number of nitrogens with zero attached hydrogens (tertiary/aromatic N) is 2. The topological polar surface area (TPSA) is 49.4 Å². The number of rotatable bonds is 5. The predicted octanol–water partition coefficient (Wildman–Crippen LogP) is 6.65. The first-order chi connectivity index (χ1) is 19.4. The quantitative estimate of drug-likeness (QED) is 0.197. The second-order valence-electron chi connectivity index (χ2n) is 10.3. The van der Waals surface area contributed by atoms with Crippen molar-refractivity contribution in [3.63, 3.8) is 0 Å². The number of hydrogen-bond donors (Lipinski definition) is 2. The van der Waals surface area contributed by atoms with Gasteiger partial charge in [0, 0.05) is 35.8 Å². The van der Waals surface area contributed by atoms with Crippen LogP contribution in [0.15, 0.2) is 48.7 Å². The Hall–Kier alpha value is -3.56. The molecule has 0 radical (unpaired) electrons. The summed E-state index contributed by atoms with van der Waals surface area (Å²) in [4.78, 5) is 6.71. The van der Waals surface area contributed by atoms with E-state index >= 15 is 0 Å². The van der Waals surface area contributed by atoms with Gasteiger partial charge in [0.05, 0.1) is 29.8 Å². The first kappa shape index (κ1) is 29.0. The van der Waals surface area contributed by atoms with Crippen LogP contribution in [-0.4, -0.2) is 41.2 Å². The second-order valence-corrected chi connectivity index (χ2v) is 10.7. The van der Waals surface area contributed by atoms with E-state index in [-0.39, 0.29) is 29.1 Å². The van der Waals surface area contributed by atoms with Crippen LogP contribution in [0.4, 0.5) is 32.0 Å². The second kappa shape index (κ2) is 11.0. The van der Waals surface area contributed by atoms with Crippen molar-refractivity contribution in [2.45, 2.75) is 37.3 Å². The third-order valence-electron chi connectivity index (χ3n) is 7.85. The van der Waals surface area contributed by atoms with Crippen LogP contribution in [0, 0.1) is 24.2 Å². The smallest absolute Gasteiger partial charge is 0.416 e. The maximum Gasteiger partial charge on any atom is 0.416 e. The van der Waals surface area contributed by atoms with Gasteiger partial charge in [0.2, 0.25) is 0 Å². The van der Waals surface area contributed by atoms with Gasteiger partial charge in [-0.15, -0.1) is 12.3 Å². The Morgan fingerprint density at radius 3 is 2.39 bits per heavy atom. The molecular weight excluding hydrogens is 566 g/mol. The van der Waals surface area contributed by atoms with Crippen LogP contribution in [0.1, 0.15) is 35.6 Å². The summed E-state index contributed by atoms with van der Waals surface area (Å²) in [5.41, 5.74) is -1.79. The number of alkyl halides is 6. The fraction of sp³-hybridized carbons (Fsp3) is 0.379. The SMILES string of the molecule is C#C[C@H]1CN2CC[C@H]1C[C@H]2[C@@H](NC(=S)Nc1cc(C(F)(F)F)cc(C(F)(F)F)c1)c1ccnc2ccc(OC)cc12. The van der Waals surface area contributed by atoms with Crippen molar-refractivity contribution in [3.8, 4) is 18.1 Å². The molecular formula is C29H26F6N4OS. The van der Waals surface area contributed by atoms with Crippen molar-refractivity contribution in [2.24, 2.45) is 11.8 Å². The van der Waals surface area contributed by atoms with Crippen molar-refractivity contribution in [1.82, 2.24) is 15.2 Å². The molecule has 216 valence electrons. The predicted molar refractivity (Wildman–Crippen MR) is 147 cm³/mol. The molecule has 4 heterocycles. The van der Waals surface area contributed by atoms with E-state index in [0.29, 0.717) is 29.9 Å². The fourth-order valence-corrected chi connectivity index (χ4v) is 6.11. The lowest BCUT2D eigenvalue weighted by atomic mass is 9.73. The third kappa shape index (κ3) is 6.06. The normalized spacial score (nSPS) is 23.1. The van der Waals surface area contributed by atoms with Gasteiger partial charge < -0.3 is 15.4 Å². The summed E-state index contributed by atoms with van der Waals surface area (Å²) in [5.74, 6) is 3.86. The molecule has 5 atom stereocenters. The van der Waals surface area contributed by atoms with E-state index in [1.807, 2.05) is 18.2 Å². The zero-order chi connectivity index (χ0) is 29.5. The van der Waals surface area contributed by atoms with E-state index in [9.17, 15) is 26.3 Å². The maximum absolute atomic E-state index is 13.4. The summed E-state index contributed by atoms with van der Waals surface area (Å²) >= 11 is 5.48. The minimum Gasteiger partial charge on any atom is -0.497 e. The van der Waals surface area contributed by atoms with E-state index in [1.165, 1.54) is 0 Å². The number of nitrogens with one attached hydrogen (secondary N) is 2. The molecule has 0 amide bonds. The number of fused-ring (bicyclic) bond motifs is 4. The lowest BCUT2D eigenvalue weighted by molar-refractivity contribution is -0.143. The number of anilines is 1. The lowest BCUT2D eigenvalue weighted by Crippen LogP contribution is -2.57. The molecule has 41 heavy (non-hydrogen) atoms. The molecule has 0 aliphatic carbocycles. The molecule has 12 heteroatoms. The molecule has 1 unspecified atom stereocenters. The largest absolute Gasteiger partial charge is 0.497 e. The van der Waals surface area contributed by atoms with Gasteiger partial charge in [0.1, 0.15) is 5.75 Å². The van der Waals surface area contributed by atoms with Crippen molar-refractivity contribution >= 4 is 33.9 Å². The van der Waals surface area contributed by atoms with Gasteiger partial charge in [0.25, 0.3) is 0 Å². The average Bonchev–Trinajstić information content (AvgIpc) is 2.94. The van der Waals surface area contributed by atoms with E-state index in [1.54, 1.807) is 19.4 Å². The van der Waals surface area contributed by atoms with Gasteiger partial charge in [-0.3, -0.25) is 9.88 Å². The number of halogens is 6. The Morgan fingerprint density at radius 1 is 1.10 bits per heavy atom. The first-order valence-corrected chi connectivity index (χ1v) is 13.3. The molecule has 6 rings (SSSR count). The molecule has 1 aromatic heterocycles. The highest BCUT2D eigenvalue weighted by Crippen LogP contribution is 2.42. The molecule has 3 aliphatic rings. The highest BCUT2D eigenvalue weighted by atomic mass is 32.1. The zero-order valence-corrected chi connectivity index (χ0v) is 22.6. The van der Waals surface area contributed by atoms with Crippen LogP contribution < -0.4 is 15.4 Å². The number of hydrogen-bond acceptors (Lipinski definition) is 4. The van der Waals surface area contributed by atoms with Crippen molar-refractivity contribution in [2.75, 3.05) is 25.5 Å². The van der Waals surface area contributed by atoms with Crippen LogP contribution in [0.5, 0.6) is 5.75 Å². The van der Waals surface area contributed by atoms with Crippen LogP contribution in [0.25, 0.3) is 10.9 Å². The van der Waals surface area contributed by atoms with Crippen LogP contribution in [0.3, 0.4) is 0 Å². The van der Waals surface area contributed by atoms with Crippen molar-refractivity contribution in [1.29, 1.82) is 0 Å². The van der Waals surface area contributed by atoms with Crippen molar-refractivity contribution in [3.05, 3.63) is 65.4 Å². The zero-order valence-electron chi connectivity index (χ0n) is 21.8. The molecule has 3 aliphatic heterocycles. The summed E-state index contributed by atoms with van der Waals surface area (Å²) in [6.07, 6.45) is -0.851. The summed E-state index contributed by atoms with van der Waals surface area (Å²) < 4.78 is 86.0. The molecule has 3 saturated heterocycles. The van der Waals surface area contributed by atoms with Crippen molar-refractivity contribution < 1.29 is 31.1 Å². The number of pyridine rings is 1. The molecule has 0 spiro atoms. The van der Waals surface area contributed by atoms with Gasteiger partial charge in [-0.05, 0) is 85.6 Å². The molecule has 3 fully saturated rings. The Labute approximate surface area is 238 Å². The first-order valence-electron chi connectivity index (χ1n) is 12.9. The number of piperidine rings is 3. The number of benzene rings is 2. The summed E-state index contributed by atoms with van der Waals surface area (Å²) in [6.45, 7) is 1.49. The van der Waals surface area contributed by atoms with E-state index in [0.717, 1.165) is 30.3 Å². The average molecular weight is 593 g/mol. The van der Waals surface area contributed by atoms with Gasteiger partial charge in [-0.2, -0.15) is 26.3 Å². The maximum atomic E-state index is 13.4. The Morgan fingerprint density at radius 2 is 1.80 bits per heavy atom. The Bertz CT molecular complexity index is 1470. The van der Waals surface area contributed by atoms with E-state index in [2.05, 4.69) is 26.4 Å². The van der Waals surface area contributed by atoms with Gasteiger partial charge in [-0.1, -0.05) is 0 Å². The van der Waals surface area contributed by atoms with Crippen LogP contribution >= 0.6 is 12.2 Å². The summed E-state index contributed by atoms with van der Waals surface area (Å²) in [5, 5.41) is 6.44. The summed E-state index contributed by atoms with van der Waals surface area (Å²) in [7, 11) is 1.54. The highest BCUT2D eigenvalue weighted by Gasteiger charge is 2.44. The minimum absolute atomic E-state index is 0.0783. The number of aromatic nitrogens is 1. The number of terminal acetylenes is 1. The molecule has 3 aromatic rings. The van der Waals surface area contributed by atoms with Gasteiger partial charge in [-0.25, -0.2) is 0 Å². The molecule has 2 bridgehead atoms. The van der Waals surface area contributed by atoms with Crippen LogP contribution in [-0.2, 0) is 12.4 Å². The molecule has 0 saturated carbocycles. The Kier molecular flexibility index (Phi) is 7.78. The minimum atomic E-state index is -4.98. The number of ether oxygens (including phenoxy) is 1. The van der Waals surface area contributed by atoms with E-state index in [4.69, 9.17) is 23.4 Å². The van der Waals surface area contributed by atoms with Gasteiger partial charge >= 0.3 is 12.4 Å². The molecule has 5 nitrogen and oxygen atoms in total. The Balaban J connectivity index is 1.51. The van der Waals surface area contributed by atoms with Gasteiger partial charge in [0.15, 0.2) is 5.11 Å². The number of methoxy groups -OCH3 is 1. The number of thiocarbonyl (C=S) groups is 1. The van der Waals surface area contributed by atoms with Crippen LogP contribution in [0.2, 0.25) is 0 Å². The standard InChI is InChI=1S/C29H26F6N4OS/c1-3-16-15-39-9-7-17(16)10-25(39)26(22-6-8-36-24-5-4-21(40-2)14-23(22)24)38-27(41)37-20-12-18(28(30,31)32)11-19(13-20)29(33,34)35/h1,4-6,8,11-14,16-17,25-26H,7,9-10,15H2,2H3,(H2,37,38,41)/t16-,17-,25-,26-/m0/s1. The lowest BCUT2D eigenvalue weighted by Gasteiger charge is -2.51. The fourth-order valence-electron chi connectivity index (χ4n) is 5.87. The molecule has 2 N–H and O–H groups in total. The van der Waals surface area contributed by atoms with E-state index < -0.39 is 35.2 Å². The summed E-state index contributed by atoms with van der Waals surface area (Å²) in [6, 6.07) is 7.97. The highest BCUT2D eigenvalue weighted by molar-refractivity contribution is 7.80. The molecule has 2 aromatic carbocycles. The third-order valence-corrected chi connectivity index (χ3v) is 8.07.